The molecule has 0 amide bonds. The van der Waals surface area contributed by atoms with Gasteiger partial charge in [-0.05, 0) is 30.8 Å². The van der Waals surface area contributed by atoms with E-state index >= 15 is 0 Å². The number of Topliss-reactive ketones (excluding diaryl/α,β-unsaturated/α-hetero) is 1. The van der Waals surface area contributed by atoms with Crippen LogP contribution in [0.4, 0.5) is 5.69 Å². The Labute approximate surface area is 121 Å². The van der Waals surface area contributed by atoms with Gasteiger partial charge in [0.2, 0.25) is 5.89 Å². The average Bonchev–Trinajstić information content (AvgIpc) is 2.91. The third-order valence-corrected chi connectivity index (χ3v) is 3.30. The van der Waals surface area contributed by atoms with Crippen molar-refractivity contribution in [2.75, 3.05) is 12.3 Å². The number of anilines is 1. The van der Waals surface area contributed by atoms with E-state index in [1.54, 1.807) is 18.2 Å². The Kier molecular flexibility index (Phi) is 3.41. The molecule has 1 heterocycles. The molecule has 106 valence electrons. The van der Waals surface area contributed by atoms with Crippen LogP contribution in [0.25, 0.3) is 22.6 Å². The summed E-state index contributed by atoms with van der Waals surface area (Å²) in [5.41, 5.74) is 14.4. The number of rotatable bonds is 4. The molecule has 5 heteroatoms. The molecule has 0 bridgehead atoms. The number of nitrogen functional groups attached to an aromatic ring is 1. The number of aromatic nitrogens is 1. The van der Waals surface area contributed by atoms with Gasteiger partial charge < -0.3 is 15.9 Å². The molecule has 3 rings (SSSR count). The molecular formula is C16H15N3O2. The topological polar surface area (TPSA) is 95.1 Å². The molecule has 5 nitrogen and oxygen atoms in total. The van der Waals surface area contributed by atoms with Crippen LogP contribution in [0.15, 0.2) is 46.9 Å². The van der Waals surface area contributed by atoms with Gasteiger partial charge in [-0.25, -0.2) is 4.98 Å². The summed E-state index contributed by atoms with van der Waals surface area (Å²) in [6.07, 6.45) is 0.265. The average molecular weight is 281 g/mol. The second-order valence-electron chi connectivity index (χ2n) is 4.72. The number of fused-ring (bicyclic) bond motifs is 1. The summed E-state index contributed by atoms with van der Waals surface area (Å²) < 4.78 is 5.70. The van der Waals surface area contributed by atoms with Crippen molar-refractivity contribution in [3.8, 4) is 11.5 Å². The molecule has 4 N–H and O–H groups in total. The monoisotopic (exact) mass is 281 g/mol. The van der Waals surface area contributed by atoms with Crippen molar-refractivity contribution < 1.29 is 9.21 Å². The highest BCUT2D eigenvalue weighted by molar-refractivity contribution is 6.03. The first kappa shape index (κ1) is 13.3. The Morgan fingerprint density at radius 1 is 1.14 bits per heavy atom. The third-order valence-electron chi connectivity index (χ3n) is 3.30. The Hall–Kier alpha value is -2.66. The molecule has 0 aliphatic carbocycles. The number of nitrogens with zero attached hydrogens (tertiary/aromatic N) is 1. The zero-order valence-electron chi connectivity index (χ0n) is 11.4. The van der Waals surface area contributed by atoms with Crippen LogP contribution < -0.4 is 11.5 Å². The summed E-state index contributed by atoms with van der Waals surface area (Å²) in [5.74, 6) is 0.337. The first-order valence-corrected chi connectivity index (χ1v) is 6.68. The van der Waals surface area contributed by atoms with Crippen molar-refractivity contribution in [3.63, 3.8) is 0 Å². The summed E-state index contributed by atoms with van der Waals surface area (Å²) >= 11 is 0. The first-order chi connectivity index (χ1) is 10.2. The van der Waals surface area contributed by atoms with E-state index in [0.29, 0.717) is 34.8 Å². The fourth-order valence-corrected chi connectivity index (χ4v) is 2.25. The Morgan fingerprint density at radius 2 is 1.95 bits per heavy atom. The van der Waals surface area contributed by atoms with Gasteiger partial charge in [0, 0.05) is 12.0 Å². The van der Waals surface area contributed by atoms with E-state index in [-0.39, 0.29) is 12.2 Å². The first-order valence-electron chi connectivity index (χ1n) is 6.68. The maximum absolute atomic E-state index is 12.0. The van der Waals surface area contributed by atoms with E-state index < -0.39 is 0 Å². The highest BCUT2D eigenvalue weighted by atomic mass is 16.3. The predicted octanol–water partition coefficient (Wildman–Crippen LogP) is 2.61. The third kappa shape index (κ3) is 2.39. The number of ketones is 1. The van der Waals surface area contributed by atoms with Gasteiger partial charge in [-0.3, -0.25) is 4.79 Å². The number of hydrogen-bond acceptors (Lipinski definition) is 5. The normalized spacial score (nSPS) is 10.9. The predicted molar refractivity (Wildman–Crippen MR) is 81.9 cm³/mol. The molecule has 21 heavy (non-hydrogen) atoms. The lowest BCUT2D eigenvalue weighted by Gasteiger charge is -2.07. The summed E-state index contributed by atoms with van der Waals surface area (Å²) in [6, 6.07) is 12.7. The Morgan fingerprint density at radius 3 is 2.71 bits per heavy atom. The van der Waals surface area contributed by atoms with Gasteiger partial charge in [0.25, 0.3) is 0 Å². The number of benzene rings is 2. The molecule has 0 saturated heterocycles. The maximum atomic E-state index is 12.0. The van der Waals surface area contributed by atoms with E-state index in [2.05, 4.69) is 4.98 Å². The van der Waals surface area contributed by atoms with E-state index in [1.807, 2.05) is 24.3 Å². The molecule has 2 aromatic carbocycles. The minimum Gasteiger partial charge on any atom is -0.436 e. The zero-order valence-corrected chi connectivity index (χ0v) is 11.4. The molecule has 0 radical (unpaired) electrons. The number of hydrogen-bond donors (Lipinski definition) is 2. The van der Waals surface area contributed by atoms with E-state index in [9.17, 15) is 4.79 Å². The van der Waals surface area contributed by atoms with Crippen molar-refractivity contribution in [3.05, 3.63) is 48.0 Å². The molecule has 1 aromatic heterocycles. The molecule has 0 atom stereocenters. The lowest BCUT2D eigenvalue weighted by molar-refractivity contribution is 0.0986. The van der Waals surface area contributed by atoms with Gasteiger partial charge in [-0.1, -0.05) is 18.2 Å². The number of carbonyl (C=O) groups is 1. The van der Waals surface area contributed by atoms with Crippen molar-refractivity contribution in [1.82, 2.24) is 4.98 Å². The number of para-hydroxylation sites is 3. The van der Waals surface area contributed by atoms with Crippen molar-refractivity contribution in [2.45, 2.75) is 6.42 Å². The number of oxazole rings is 1. The van der Waals surface area contributed by atoms with Gasteiger partial charge in [0.15, 0.2) is 11.4 Å². The van der Waals surface area contributed by atoms with Gasteiger partial charge in [-0.2, -0.15) is 0 Å². The molecule has 3 aromatic rings. The maximum Gasteiger partial charge on any atom is 0.229 e. The van der Waals surface area contributed by atoms with E-state index in [0.717, 1.165) is 5.52 Å². The van der Waals surface area contributed by atoms with Crippen molar-refractivity contribution in [2.24, 2.45) is 5.73 Å². The van der Waals surface area contributed by atoms with Crippen LogP contribution in [0.5, 0.6) is 0 Å². The standard InChI is InChI=1S/C16H15N3O2/c17-9-8-13(20)10-4-3-5-11(15(10)18)16-19-12-6-1-2-7-14(12)21-16/h1-7H,8-9,17-18H2. The largest absolute Gasteiger partial charge is 0.436 e. The van der Waals surface area contributed by atoms with Crippen molar-refractivity contribution in [1.29, 1.82) is 0 Å². The quantitative estimate of drug-likeness (QED) is 0.566. The highest BCUT2D eigenvalue weighted by Gasteiger charge is 2.16. The number of nitrogens with two attached hydrogens (primary N) is 2. The van der Waals surface area contributed by atoms with Crippen LogP contribution in [0.1, 0.15) is 16.8 Å². The fourth-order valence-electron chi connectivity index (χ4n) is 2.25. The number of carbonyl (C=O) groups excluding carboxylic acids is 1. The van der Waals surface area contributed by atoms with Crippen LogP contribution in [-0.4, -0.2) is 17.3 Å². The SMILES string of the molecule is NCCC(=O)c1cccc(-c2nc3ccccc3o2)c1N. The van der Waals surface area contributed by atoms with Crippen LogP contribution >= 0.6 is 0 Å². The van der Waals surface area contributed by atoms with Crippen molar-refractivity contribution >= 4 is 22.6 Å². The van der Waals surface area contributed by atoms with Gasteiger partial charge in [0.05, 0.1) is 11.3 Å². The highest BCUT2D eigenvalue weighted by Crippen LogP contribution is 2.31. The Balaban J connectivity index is 2.10. The molecule has 0 aliphatic heterocycles. The van der Waals surface area contributed by atoms with Crippen LogP contribution in [-0.2, 0) is 0 Å². The summed E-state index contributed by atoms with van der Waals surface area (Å²) in [7, 11) is 0. The summed E-state index contributed by atoms with van der Waals surface area (Å²) in [5, 5.41) is 0. The summed E-state index contributed by atoms with van der Waals surface area (Å²) in [6.45, 7) is 0.297. The van der Waals surface area contributed by atoms with E-state index in [4.69, 9.17) is 15.9 Å². The zero-order chi connectivity index (χ0) is 14.8. The van der Waals surface area contributed by atoms with Gasteiger partial charge >= 0.3 is 0 Å². The van der Waals surface area contributed by atoms with Gasteiger partial charge in [0.1, 0.15) is 5.52 Å². The molecule has 0 saturated carbocycles. The lowest BCUT2D eigenvalue weighted by atomic mass is 10.0. The second-order valence-corrected chi connectivity index (χ2v) is 4.72. The molecule has 0 unspecified atom stereocenters. The minimum atomic E-state index is -0.0760. The van der Waals surface area contributed by atoms with Gasteiger partial charge in [-0.15, -0.1) is 0 Å². The van der Waals surface area contributed by atoms with E-state index in [1.165, 1.54) is 0 Å². The second kappa shape index (κ2) is 5.38. The molecule has 0 spiro atoms. The summed E-state index contributed by atoms with van der Waals surface area (Å²) in [4.78, 5) is 16.4. The van der Waals surface area contributed by atoms with Crippen LogP contribution in [0, 0.1) is 0 Å². The lowest BCUT2D eigenvalue weighted by Crippen LogP contribution is -2.10. The fraction of sp³-hybridized carbons (Fsp3) is 0.125. The minimum absolute atomic E-state index is 0.0760. The molecule has 0 aliphatic rings. The van der Waals surface area contributed by atoms with Crippen LogP contribution in [0.3, 0.4) is 0 Å². The molecular weight excluding hydrogens is 266 g/mol. The Bertz CT molecular complexity index is 775. The smallest absolute Gasteiger partial charge is 0.229 e. The molecule has 0 fully saturated rings. The van der Waals surface area contributed by atoms with Crippen LogP contribution in [0.2, 0.25) is 0 Å².